The van der Waals surface area contributed by atoms with E-state index in [9.17, 15) is 0 Å². The second kappa shape index (κ2) is 8.45. The zero-order valence-corrected chi connectivity index (χ0v) is 10.3. The Hall–Kier alpha value is -0.860. The summed E-state index contributed by atoms with van der Waals surface area (Å²) in [5, 5.41) is 0. The molecular formula is C13H25N2+. The number of aryl methyl sites for hydroxylation is 1. The van der Waals surface area contributed by atoms with E-state index >= 15 is 0 Å². The van der Waals surface area contributed by atoms with Gasteiger partial charge in [0, 0.05) is 6.04 Å². The fourth-order valence-electron chi connectivity index (χ4n) is 1.38. The van der Waals surface area contributed by atoms with Gasteiger partial charge in [-0.15, -0.1) is 0 Å². The molecule has 15 heavy (non-hydrogen) atoms. The van der Waals surface area contributed by atoms with E-state index in [0.29, 0.717) is 0 Å². The molecule has 2 heteroatoms. The van der Waals surface area contributed by atoms with Crippen molar-refractivity contribution < 1.29 is 5.73 Å². The first-order valence-electron chi connectivity index (χ1n) is 5.77. The van der Waals surface area contributed by atoms with Crippen molar-refractivity contribution in [2.45, 2.75) is 39.7 Å². The topological polar surface area (TPSA) is 53.7 Å². The van der Waals surface area contributed by atoms with Crippen molar-refractivity contribution in [3.63, 3.8) is 0 Å². The lowest BCUT2D eigenvalue weighted by molar-refractivity contribution is -0.361. The fourth-order valence-corrected chi connectivity index (χ4v) is 1.38. The number of hydrogen-bond donors (Lipinski definition) is 2. The summed E-state index contributed by atoms with van der Waals surface area (Å²) in [5.41, 5.74) is 12.0. The Balaban J connectivity index is 0.000000583. The standard InChI is InChI=1S/C11H17N.C2H7N/c1-3-5-11(12)10-7-4-6-9(2)8-10;1-2-3/h4,6-8,11H,3,5,12H2,1-2H3;2-3H2,1H3/p+1. The minimum atomic E-state index is 0.217. The smallest absolute Gasteiger partial charge is 0.0711 e. The van der Waals surface area contributed by atoms with Gasteiger partial charge in [0.25, 0.3) is 0 Å². The van der Waals surface area contributed by atoms with Crippen molar-refractivity contribution in [2.24, 2.45) is 5.73 Å². The van der Waals surface area contributed by atoms with Crippen molar-refractivity contribution in [2.75, 3.05) is 6.54 Å². The van der Waals surface area contributed by atoms with Gasteiger partial charge in [-0.25, -0.2) is 0 Å². The van der Waals surface area contributed by atoms with Gasteiger partial charge >= 0.3 is 0 Å². The van der Waals surface area contributed by atoms with Crippen LogP contribution in [0.2, 0.25) is 0 Å². The van der Waals surface area contributed by atoms with E-state index < -0.39 is 0 Å². The van der Waals surface area contributed by atoms with Crippen molar-refractivity contribution in [1.29, 1.82) is 0 Å². The molecule has 0 aliphatic carbocycles. The summed E-state index contributed by atoms with van der Waals surface area (Å²) in [6, 6.07) is 8.66. The third-order valence-electron chi connectivity index (χ3n) is 2.07. The van der Waals surface area contributed by atoms with Gasteiger partial charge in [-0.05, 0) is 25.8 Å². The minimum Gasteiger partial charge on any atom is -0.358 e. The highest BCUT2D eigenvalue weighted by atomic mass is 14.6. The van der Waals surface area contributed by atoms with Crippen molar-refractivity contribution >= 4 is 0 Å². The first kappa shape index (κ1) is 14.1. The molecule has 0 aliphatic rings. The molecule has 0 aliphatic heterocycles. The van der Waals surface area contributed by atoms with Gasteiger partial charge in [0.15, 0.2) is 0 Å². The summed E-state index contributed by atoms with van der Waals surface area (Å²) in [5.74, 6) is 0. The zero-order valence-electron chi connectivity index (χ0n) is 10.3. The Labute approximate surface area is 93.7 Å². The molecule has 0 saturated carbocycles. The maximum absolute atomic E-state index is 5.97. The number of benzene rings is 1. The van der Waals surface area contributed by atoms with Gasteiger partial charge in [-0.1, -0.05) is 43.2 Å². The Morgan fingerprint density at radius 3 is 2.40 bits per heavy atom. The maximum atomic E-state index is 5.97. The number of nitrogens with two attached hydrogens (primary N) is 1. The summed E-state index contributed by atoms with van der Waals surface area (Å²) in [6.07, 6.45) is 2.22. The fraction of sp³-hybridized carbons (Fsp3) is 0.538. The van der Waals surface area contributed by atoms with Gasteiger partial charge in [-0.3, -0.25) is 0 Å². The summed E-state index contributed by atoms with van der Waals surface area (Å²) in [7, 11) is 0. The van der Waals surface area contributed by atoms with Crippen LogP contribution in [0.25, 0.3) is 0 Å². The third kappa shape index (κ3) is 6.26. The molecule has 0 fully saturated rings. The van der Waals surface area contributed by atoms with Gasteiger partial charge < -0.3 is 11.5 Å². The molecule has 0 aromatic heterocycles. The molecule has 1 atom stereocenters. The Morgan fingerprint density at radius 2 is 1.93 bits per heavy atom. The van der Waals surface area contributed by atoms with Crippen molar-refractivity contribution in [3.05, 3.63) is 35.4 Å². The monoisotopic (exact) mass is 209 g/mol. The molecular weight excluding hydrogens is 184 g/mol. The lowest BCUT2D eigenvalue weighted by atomic mass is 10.0. The van der Waals surface area contributed by atoms with Crippen LogP contribution in [0.4, 0.5) is 0 Å². The lowest BCUT2D eigenvalue weighted by Crippen LogP contribution is -2.48. The van der Waals surface area contributed by atoms with E-state index in [1.54, 1.807) is 0 Å². The van der Waals surface area contributed by atoms with E-state index in [1.165, 1.54) is 11.1 Å². The molecule has 2 nitrogen and oxygen atoms in total. The third-order valence-corrected chi connectivity index (χ3v) is 2.07. The van der Waals surface area contributed by atoms with Crippen LogP contribution in [0.5, 0.6) is 0 Å². The molecule has 0 amide bonds. The first-order valence-corrected chi connectivity index (χ1v) is 5.77. The molecule has 0 spiro atoms. The van der Waals surface area contributed by atoms with Crippen LogP contribution in [0.15, 0.2) is 24.3 Å². The molecule has 0 saturated heterocycles. The summed E-state index contributed by atoms with van der Waals surface area (Å²) in [6.45, 7) is 7.28. The quantitative estimate of drug-likeness (QED) is 0.786. The Morgan fingerprint density at radius 1 is 1.33 bits per heavy atom. The zero-order chi connectivity index (χ0) is 11.7. The van der Waals surface area contributed by atoms with E-state index in [-0.39, 0.29) is 6.04 Å². The normalized spacial score (nSPS) is 11.5. The van der Waals surface area contributed by atoms with Crippen LogP contribution in [-0.4, -0.2) is 6.54 Å². The number of hydrogen-bond acceptors (Lipinski definition) is 1. The Kier molecular flexibility index (Phi) is 7.96. The first-order chi connectivity index (χ1) is 7.15. The van der Waals surface area contributed by atoms with Crippen LogP contribution in [0.3, 0.4) is 0 Å². The number of quaternary nitrogens is 1. The van der Waals surface area contributed by atoms with Crippen molar-refractivity contribution in [3.8, 4) is 0 Å². The molecule has 1 aromatic carbocycles. The van der Waals surface area contributed by atoms with Crippen LogP contribution < -0.4 is 11.5 Å². The van der Waals surface area contributed by atoms with Crippen LogP contribution in [0.1, 0.15) is 43.9 Å². The SMILES string of the molecule is CCCC(N)c1cccc(C)c1.CC[NH3+]. The van der Waals surface area contributed by atoms with E-state index in [0.717, 1.165) is 19.4 Å². The maximum Gasteiger partial charge on any atom is 0.0711 e. The molecule has 0 radical (unpaired) electrons. The lowest BCUT2D eigenvalue weighted by Gasteiger charge is -2.10. The molecule has 1 rings (SSSR count). The highest BCUT2D eigenvalue weighted by Crippen LogP contribution is 2.16. The molecule has 5 N–H and O–H groups in total. The molecule has 1 aromatic rings. The van der Waals surface area contributed by atoms with Gasteiger partial charge in [-0.2, -0.15) is 0 Å². The highest BCUT2D eigenvalue weighted by Gasteiger charge is 2.03. The average Bonchev–Trinajstić information content (AvgIpc) is 2.19. The van der Waals surface area contributed by atoms with Crippen LogP contribution in [-0.2, 0) is 0 Å². The summed E-state index contributed by atoms with van der Waals surface area (Å²) < 4.78 is 0. The highest BCUT2D eigenvalue weighted by molar-refractivity contribution is 5.24. The second-order valence-corrected chi connectivity index (χ2v) is 3.81. The van der Waals surface area contributed by atoms with Gasteiger partial charge in [0.05, 0.1) is 6.54 Å². The average molecular weight is 209 g/mol. The van der Waals surface area contributed by atoms with Crippen LogP contribution in [0, 0.1) is 6.92 Å². The van der Waals surface area contributed by atoms with Crippen molar-refractivity contribution in [1.82, 2.24) is 0 Å². The van der Waals surface area contributed by atoms with E-state index in [4.69, 9.17) is 5.73 Å². The van der Waals surface area contributed by atoms with E-state index in [1.807, 2.05) is 6.92 Å². The largest absolute Gasteiger partial charge is 0.358 e. The number of rotatable bonds is 3. The Bertz CT molecular complexity index is 258. The predicted octanol–water partition coefficient (Wildman–Crippen LogP) is 2.04. The van der Waals surface area contributed by atoms with Gasteiger partial charge in [0.1, 0.15) is 0 Å². The molecule has 86 valence electrons. The minimum absolute atomic E-state index is 0.217. The molecule has 1 unspecified atom stereocenters. The summed E-state index contributed by atoms with van der Waals surface area (Å²) in [4.78, 5) is 0. The molecule has 0 bridgehead atoms. The van der Waals surface area contributed by atoms with Gasteiger partial charge in [0.2, 0.25) is 0 Å². The predicted molar refractivity (Wildman–Crippen MR) is 66.4 cm³/mol. The molecule has 0 heterocycles. The van der Waals surface area contributed by atoms with Crippen LogP contribution >= 0.6 is 0 Å². The van der Waals surface area contributed by atoms with E-state index in [2.05, 4.69) is 43.8 Å². The second-order valence-electron chi connectivity index (χ2n) is 3.81. The summed E-state index contributed by atoms with van der Waals surface area (Å²) >= 11 is 0.